The molecule has 0 amide bonds. The Kier molecular flexibility index (Phi) is 3.38. The summed E-state index contributed by atoms with van der Waals surface area (Å²) >= 11 is 7.61. The van der Waals surface area contributed by atoms with Crippen molar-refractivity contribution in [1.29, 1.82) is 0 Å². The number of halogens is 1. The van der Waals surface area contributed by atoms with Crippen LogP contribution in [-0.4, -0.2) is 24.7 Å². The van der Waals surface area contributed by atoms with Crippen molar-refractivity contribution in [1.82, 2.24) is 24.7 Å². The summed E-state index contributed by atoms with van der Waals surface area (Å²) in [5, 5.41) is 11.1. The highest BCUT2D eigenvalue weighted by Gasteiger charge is 2.36. The molecule has 2 aromatic rings. The largest absolute Gasteiger partial charge is 0.302 e. The van der Waals surface area contributed by atoms with Crippen LogP contribution in [0.15, 0.2) is 16.2 Å². The molecule has 0 radical (unpaired) electrons. The molecule has 5 nitrogen and oxygen atoms in total. The molecule has 2 aromatic heterocycles. The second-order valence-corrected chi connectivity index (χ2v) is 6.99. The smallest absolute Gasteiger partial charge is 0.197 e. The lowest BCUT2D eigenvalue weighted by Crippen LogP contribution is -2.02. The maximum atomic E-state index is 6.07. The number of rotatable bonds is 5. The standard InChI is InChI=1S/C14H16ClN5S/c1-2-11-16-10(15)7-12(17-11)21-14-19-18-13(8-3-4-8)20(14)9-5-6-9/h7-9H,2-6H2,1H3. The summed E-state index contributed by atoms with van der Waals surface area (Å²) in [7, 11) is 0. The van der Waals surface area contributed by atoms with E-state index in [2.05, 4.69) is 24.7 Å². The van der Waals surface area contributed by atoms with Gasteiger partial charge in [0, 0.05) is 24.4 Å². The lowest BCUT2D eigenvalue weighted by molar-refractivity contribution is 0.626. The van der Waals surface area contributed by atoms with Gasteiger partial charge in [-0.1, -0.05) is 18.5 Å². The summed E-state index contributed by atoms with van der Waals surface area (Å²) in [6.45, 7) is 2.03. The summed E-state index contributed by atoms with van der Waals surface area (Å²) < 4.78 is 2.32. The van der Waals surface area contributed by atoms with Crippen molar-refractivity contribution in [2.24, 2.45) is 0 Å². The summed E-state index contributed by atoms with van der Waals surface area (Å²) in [5.74, 6) is 2.55. The van der Waals surface area contributed by atoms with Crippen LogP contribution >= 0.6 is 23.4 Å². The van der Waals surface area contributed by atoms with Crippen LogP contribution in [0.2, 0.25) is 5.15 Å². The maximum Gasteiger partial charge on any atom is 0.197 e. The van der Waals surface area contributed by atoms with Gasteiger partial charge in [-0.25, -0.2) is 9.97 Å². The number of hydrogen-bond acceptors (Lipinski definition) is 5. The Balaban J connectivity index is 1.66. The average molecular weight is 322 g/mol. The van der Waals surface area contributed by atoms with E-state index in [4.69, 9.17) is 11.6 Å². The van der Waals surface area contributed by atoms with E-state index in [1.54, 1.807) is 17.8 Å². The molecule has 2 aliphatic rings. The molecule has 2 aliphatic carbocycles. The SMILES string of the molecule is CCc1nc(Cl)cc(Sc2nnc(C3CC3)n2C2CC2)n1. The molecule has 0 saturated heterocycles. The molecule has 0 bridgehead atoms. The lowest BCUT2D eigenvalue weighted by Gasteiger charge is -2.08. The molecule has 110 valence electrons. The highest BCUT2D eigenvalue weighted by molar-refractivity contribution is 7.99. The van der Waals surface area contributed by atoms with Crippen molar-refractivity contribution in [2.45, 2.75) is 61.2 Å². The molecular formula is C14H16ClN5S. The second-order valence-electron chi connectivity index (χ2n) is 5.62. The topological polar surface area (TPSA) is 56.5 Å². The van der Waals surface area contributed by atoms with E-state index >= 15 is 0 Å². The minimum atomic E-state index is 0.490. The first-order valence-corrected chi connectivity index (χ1v) is 8.60. The van der Waals surface area contributed by atoms with Gasteiger partial charge in [0.2, 0.25) is 0 Å². The van der Waals surface area contributed by atoms with Gasteiger partial charge in [-0.15, -0.1) is 10.2 Å². The molecule has 2 heterocycles. The predicted octanol–water partition coefficient (Wildman–Crippen LogP) is 3.65. The lowest BCUT2D eigenvalue weighted by atomic mass is 10.4. The molecular weight excluding hydrogens is 306 g/mol. The van der Waals surface area contributed by atoms with Crippen LogP contribution < -0.4 is 0 Å². The molecule has 0 atom stereocenters. The highest BCUT2D eigenvalue weighted by atomic mass is 35.5. The van der Waals surface area contributed by atoms with Crippen LogP contribution in [0.4, 0.5) is 0 Å². The number of aromatic nitrogens is 5. The third-order valence-corrected chi connectivity index (χ3v) is 4.85. The Labute approximate surface area is 132 Å². The molecule has 7 heteroatoms. The summed E-state index contributed by atoms with van der Waals surface area (Å²) in [4.78, 5) is 8.73. The van der Waals surface area contributed by atoms with Gasteiger partial charge in [0.15, 0.2) is 5.16 Å². The van der Waals surface area contributed by atoms with Gasteiger partial charge in [-0.3, -0.25) is 0 Å². The van der Waals surface area contributed by atoms with Crippen LogP contribution in [-0.2, 0) is 6.42 Å². The van der Waals surface area contributed by atoms with E-state index in [-0.39, 0.29) is 0 Å². The highest BCUT2D eigenvalue weighted by Crippen LogP contribution is 2.46. The third-order valence-electron chi connectivity index (χ3n) is 3.78. The quantitative estimate of drug-likeness (QED) is 0.787. The fraction of sp³-hybridized carbons (Fsp3) is 0.571. The first-order valence-electron chi connectivity index (χ1n) is 7.40. The van der Waals surface area contributed by atoms with Gasteiger partial charge in [0.05, 0.1) is 0 Å². The average Bonchev–Trinajstić information content (AvgIpc) is 3.37. The first-order chi connectivity index (χ1) is 10.2. The zero-order valence-electron chi connectivity index (χ0n) is 11.8. The first kappa shape index (κ1) is 13.5. The molecule has 21 heavy (non-hydrogen) atoms. The van der Waals surface area contributed by atoms with Crippen LogP contribution in [0, 0.1) is 0 Å². The van der Waals surface area contributed by atoms with Crippen molar-refractivity contribution in [2.75, 3.05) is 0 Å². The Bertz CT molecular complexity index is 678. The van der Waals surface area contributed by atoms with Crippen molar-refractivity contribution in [3.8, 4) is 0 Å². The van der Waals surface area contributed by atoms with E-state index in [1.165, 1.54) is 25.7 Å². The second kappa shape index (κ2) is 5.25. The van der Waals surface area contributed by atoms with Crippen LogP contribution in [0.1, 0.15) is 56.2 Å². The van der Waals surface area contributed by atoms with Crippen LogP contribution in [0.25, 0.3) is 0 Å². The van der Waals surface area contributed by atoms with Crippen molar-refractivity contribution in [3.63, 3.8) is 0 Å². The van der Waals surface area contributed by atoms with E-state index in [0.717, 1.165) is 28.3 Å². The Hall–Kier alpha value is -1.14. The minimum Gasteiger partial charge on any atom is -0.302 e. The Morgan fingerprint density at radius 1 is 1.24 bits per heavy atom. The van der Waals surface area contributed by atoms with Gasteiger partial charge in [0.1, 0.15) is 21.8 Å². The van der Waals surface area contributed by atoms with Crippen molar-refractivity contribution < 1.29 is 0 Å². The molecule has 0 unspecified atom stereocenters. The molecule has 4 rings (SSSR count). The van der Waals surface area contributed by atoms with Gasteiger partial charge < -0.3 is 4.57 Å². The molecule has 2 saturated carbocycles. The molecule has 0 aliphatic heterocycles. The van der Waals surface area contributed by atoms with Gasteiger partial charge in [0.25, 0.3) is 0 Å². The van der Waals surface area contributed by atoms with Gasteiger partial charge >= 0.3 is 0 Å². The van der Waals surface area contributed by atoms with Crippen LogP contribution in [0.5, 0.6) is 0 Å². The maximum absolute atomic E-state index is 6.07. The Morgan fingerprint density at radius 3 is 2.71 bits per heavy atom. The summed E-state index contributed by atoms with van der Waals surface area (Å²) in [6.07, 6.45) is 5.73. The van der Waals surface area contributed by atoms with Crippen LogP contribution in [0.3, 0.4) is 0 Å². The van der Waals surface area contributed by atoms with Gasteiger partial charge in [-0.05, 0) is 37.4 Å². The van der Waals surface area contributed by atoms with E-state index < -0.39 is 0 Å². The van der Waals surface area contributed by atoms with E-state index in [1.807, 2.05) is 6.92 Å². The zero-order valence-corrected chi connectivity index (χ0v) is 13.4. The van der Waals surface area contributed by atoms with Gasteiger partial charge in [-0.2, -0.15) is 0 Å². The molecule has 2 fully saturated rings. The normalized spacial score (nSPS) is 18.2. The fourth-order valence-corrected chi connectivity index (χ4v) is 3.60. The third kappa shape index (κ3) is 2.79. The number of nitrogens with zero attached hydrogens (tertiary/aromatic N) is 5. The molecule has 0 aromatic carbocycles. The van der Waals surface area contributed by atoms with E-state index in [0.29, 0.717) is 17.1 Å². The van der Waals surface area contributed by atoms with E-state index in [9.17, 15) is 0 Å². The summed E-state index contributed by atoms with van der Waals surface area (Å²) in [6, 6.07) is 2.38. The Morgan fingerprint density at radius 2 is 2.05 bits per heavy atom. The molecule has 0 spiro atoms. The minimum absolute atomic E-state index is 0.490. The fourth-order valence-electron chi connectivity index (χ4n) is 2.40. The molecule has 0 N–H and O–H groups in total. The monoisotopic (exact) mass is 321 g/mol. The summed E-state index contributed by atoms with van der Waals surface area (Å²) in [5.41, 5.74) is 0. The number of hydrogen-bond donors (Lipinski definition) is 0. The predicted molar refractivity (Wildman–Crippen MR) is 80.8 cm³/mol. The van der Waals surface area contributed by atoms with Crippen molar-refractivity contribution >= 4 is 23.4 Å². The van der Waals surface area contributed by atoms with Crippen molar-refractivity contribution in [3.05, 3.63) is 22.9 Å². The zero-order chi connectivity index (χ0) is 14.4. The number of aryl methyl sites for hydroxylation is 1.